The van der Waals surface area contributed by atoms with Gasteiger partial charge in [0.05, 0.1) is 12.2 Å². The quantitative estimate of drug-likeness (QED) is 0.825. The molecule has 2 rings (SSSR count). The summed E-state index contributed by atoms with van der Waals surface area (Å²) in [6.45, 7) is 0.591. The van der Waals surface area contributed by atoms with Gasteiger partial charge < -0.3 is 24.1 Å². The minimum absolute atomic E-state index is 0.00930. The lowest BCUT2D eigenvalue weighted by molar-refractivity contribution is 0.0696. The average Bonchev–Trinajstić information content (AvgIpc) is 2.79. The summed E-state index contributed by atoms with van der Waals surface area (Å²) < 4.78 is 20.6. The number of carboxylic acids is 1. The normalized spacial score (nSPS) is 12.6. The molecule has 0 aliphatic carbocycles. The van der Waals surface area contributed by atoms with E-state index in [1.165, 1.54) is 13.2 Å². The Bertz CT molecular complexity index is 473. The number of carbonyl (C=O) groups is 1. The van der Waals surface area contributed by atoms with Gasteiger partial charge in [-0.25, -0.2) is 4.79 Å². The van der Waals surface area contributed by atoms with Crippen LogP contribution in [0.25, 0.3) is 0 Å². The van der Waals surface area contributed by atoms with Crippen LogP contribution in [0.2, 0.25) is 5.02 Å². The minimum Gasteiger partial charge on any atom is -0.486 e. The number of fused-ring (bicyclic) bond motifs is 1. The zero-order chi connectivity index (χ0) is 13.1. The highest BCUT2D eigenvalue weighted by molar-refractivity contribution is 6.35. The number of aromatic carboxylic acids is 1. The van der Waals surface area contributed by atoms with E-state index >= 15 is 0 Å². The molecule has 1 aliphatic rings. The molecule has 0 amide bonds. The number of carboxylic acid groups (broad SMARTS) is 1. The molecular formula is C11H11ClO6. The molecular weight excluding hydrogens is 264 g/mol. The highest BCUT2D eigenvalue weighted by Crippen LogP contribution is 2.47. The lowest BCUT2D eigenvalue weighted by Crippen LogP contribution is -2.07. The summed E-state index contributed by atoms with van der Waals surface area (Å²) in [5, 5.41) is 9.02. The van der Waals surface area contributed by atoms with E-state index in [1.807, 2.05) is 0 Å². The highest BCUT2D eigenvalue weighted by atomic mass is 35.5. The fraction of sp³-hybridized carbons (Fsp3) is 0.364. The second kappa shape index (κ2) is 5.32. The molecule has 1 aromatic rings. The summed E-state index contributed by atoms with van der Waals surface area (Å²) in [6, 6.07) is 1.32. The second-order valence-corrected chi connectivity index (χ2v) is 3.83. The zero-order valence-corrected chi connectivity index (χ0v) is 10.3. The van der Waals surface area contributed by atoms with Crippen LogP contribution in [0.4, 0.5) is 0 Å². The van der Waals surface area contributed by atoms with E-state index in [2.05, 4.69) is 0 Å². The lowest BCUT2D eigenvalue weighted by Gasteiger charge is -2.12. The maximum Gasteiger partial charge on any atom is 0.337 e. The molecule has 6 nitrogen and oxygen atoms in total. The van der Waals surface area contributed by atoms with Gasteiger partial charge in [0.25, 0.3) is 0 Å². The second-order valence-electron chi connectivity index (χ2n) is 3.45. The van der Waals surface area contributed by atoms with Gasteiger partial charge in [-0.1, -0.05) is 11.6 Å². The van der Waals surface area contributed by atoms with Crippen LogP contribution in [0.1, 0.15) is 10.4 Å². The fourth-order valence-corrected chi connectivity index (χ4v) is 1.78. The van der Waals surface area contributed by atoms with Gasteiger partial charge in [0, 0.05) is 13.2 Å². The molecule has 0 unspecified atom stereocenters. The van der Waals surface area contributed by atoms with E-state index < -0.39 is 5.97 Å². The number of ether oxygens (including phenoxy) is 4. The van der Waals surface area contributed by atoms with Crippen molar-refractivity contribution in [1.82, 2.24) is 0 Å². The van der Waals surface area contributed by atoms with Crippen molar-refractivity contribution in [2.24, 2.45) is 0 Å². The predicted octanol–water partition coefficient (Wildman–Crippen LogP) is 1.79. The Labute approximate surface area is 108 Å². The van der Waals surface area contributed by atoms with Crippen molar-refractivity contribution in [3.05, 3.63) is 16.7 Å². The summed E-state index contributed by atoms with van der Waals surface area (Å²) in [6.07, 6.45) is 0. The van der Waals surface area contributed by atoms with E-state index in [0.717, 1.165) is 0 Å². The molecule has 0 fully saturated rings. The topological polar surface area (TPSA) is 74.2 Å². The fourth-order valence-electron chi connectivity index (χ4n) is 1.50. The highest BCUT2D eigenvalue weighted by Gasteiger charge is 2.27. The Balaban J connectivity index is 2.38. The van der Waals surface area contributed by atoms with Gasteiger partial charge in [0.2, 0.25) is 12.5 Å². The summed E-state index contributed by atoms with van der Waals surface area (Å²) >= 11 is 5.98. The van der Waals surface area contributed by atoms with Gasteiger partial charge in [-0.3, -0.25) is 0 Å². The molecule has 7 heteroatoms. The summed E-state index contributed by atoms with van der Waals surface area (Å²) in [7, 11) is 1.53. The third kappa shape index (κ3) is 2.30. The zero-order valence-electron chi connectivity index (χ0n) is 9.57. The molecule has 1 heterocycles. The van der Waals surface area contributed by atoms with E-state index in [9.17, 15) is 4.79 Å². The number of hydrogen-bond donors (Lipinski definition) is 1. The van der Waals surface area contributed by atoms with E-state index in [4.69, 9.17) is 35.7 Å². The van der Waals surface area contributed by atoms with Crippen molar-refractivity contribution in [3.63, 3.8) is 0 Å². The summed E-state index contributed by atoms with van der Waals surface area (Å²) in [5.41, 5.74) is -0.0895. The van der Waals surface area contributed by atoms with Crippen molar-refractivity contribution in [1.29, 1.82) is 0 Å². The number of rotatable bonds is 5. The Morgan fingerprint density at radius 3 is 2.94 bits per heavy atom. The van der Waals surface area contributed by atoms with Crippen LogP contribution < -0.4 is 14.2 Å². The van der Waals surface area contributed by atoms with Crippen LogP contribution in [0.3, 0.4) is 0 Å². The molecule has 0 saturated carbocycles. The Kier molecular flexibility index (Phi) is 3.78. The van der Waals surface area contributed by atoms with Crippen molar-refractivity contribution < 1.29 is 28.8 Å². The average molecular weight is 275 g/mol. The summed E-state index contributed by atoms with van der Waals surface area (Å²) in [4.78, 5) is 11.0. The van der Waals surface area contributed by atoms with Crippen molar-refractivity contribution >= 4 is 17.6 Å². The van der Waals surface area contributed by atoms with Crippen LogP contribution >= 0.6 is 11.6 Å². The Morgan fingerprint density at radius 1 is 1.50 bits per heavy atom. The third-order valence-corrected chi connectivity index (χ3v) is 2.70. The van der Waals surface area contributed by atoms with Gasteiger partial charge in [-0.05, 0) is 0 Å². The number of methoxy groups -OCH3 is 1. The monoisotopic (exact) mass is 274 g/mol. The van der Waals surface area contributed by atoms with Gasteiger partial charge in [0.1, 0.15) is 11.6 Å². The number of halogens is 1. The standard InChI is InChI=1S/C11H11ClO6/c1-15-2-3-16-10-8(12)6(11(13)14)4-7-9(10)18-5-17-7/h4H,2-3,5H2,1H3,(H,13,14). The van der Waals surface area contributed by atoms with Crippen LogP contribution in [0.15, 0.2) is 6.07 Å². The summed E-state index contributed by atoms with van der Waals surface area (Å²) in [5.74, 6) is -0.360. The van der Waals surface area contributed by atoms with Crippen LogP contribution in [0.5, 0.6) is 17.2 Å². The molecule has 0 saturated heterocycles. The third-order valence-electron chi connectivity index (χ3n) is 2.32. The Morgan fingerprint density at radius 2 is 2.28 bits per heavy atom. The molecule has 0 radical (unpaired) electrons. The first kappa shape index (κ1) is 12.8. The largest absolute Gasteiger partial charge is 0.486 e. The smallest absolute Gasteiger partial charge is 0.337 e. The first-order chi connectivity index (χ1) is 8.65. The first-order valence-corrected chi connectivity index (χ1v) is 5.50. The van der Waals surface area contributed by atoms with E-state index in [1.54, 1.807) is 0 Å². The number of benzene rings is 1. The lowest BCUT2D eigenvalue weighted by atomic mass is 10.2. The van der Waals surface area contributed by atoms with E-state index in [0.29, 0.717) is 18.1 Å². The van der Waals surface area contributed by atoms with Gasteiger partial charge in [-0.2, -0.15) is 0 Å². The van der Waals surface area contributed by atoms with Crippen molar-refractivity contribution in [2.45, 2.75) is 0 Å². The van der Waals surface area contributed by atoms with Gasteiger partial charge in [-0.15, -0.1) is 0 Å². The molecule has 98 valence electrons. The molecule has 18 heavy (non-hydrogen) atoms. The Hall–Kier alpha value is -1.66. The van der Waals surface area contributed by atoms with Crippen molar-refractivity contribution in [3.8, 4) is 17.2 Å². The molecule has 0 atom stereocenters. The number of hydrogen-bond acceptors (Lipinski definition) is 5. The SMILES string of the molecule is COCCOc1c(Cl)c(C(=O)O)cc2c1OCO2. The maximum absolute atomic E-state index is 11.0. The maximum atomic E-state index is 11.0. The molecule has 1 N–H and O–H groups in total. The minimum atomic E-state index is -1.16. The van der Waals surface area contributed by atoms with Crippen LogP contribution in [-0.4, -0.2) is 38.2 Å². The molecule has 0 spiro atoms. The van der Waals surface area contributed by atoms with E-state index in [-0.39, 0.29) is 29.7 Å². The van der Waals surface area contributed by atoms with Crippen LogP contribution in [-0.2, 0) is 4.74 Å². The predicted molar refractivity (Wildman–Crippen MR) is 61.9 cm³/mol. The molecule has 0 aromatic heterocycles. The first-order valence-electron chi connectivity index (χ1n) is 5.12. The molecule has 1 aromatic carbocycles. The van der Waals surface area contributed by atoms with Gasteiger partial charge >= 0.3 is 5.97 Å². The molecule has 0 bridgehead atoms. The van der Waals surface area contributed by atoms with Gasteiger partial charge in [0.15, 0.2) is 11.5 Å². The molecule has 1 aliphatic heterocycles. The van der Waals surface area contributed by atoms with Crippen molar-refractivity contribution in [2.75, 3.05) is 27.1 Å². The van der Waals surface area contributed by atoms with Crippen LogP contribution in [0, 0.1) is 0 Å².